The Morgan fingerprint density at radius 3 is 2.91 bits per heavy atom. The van der Waals surface area contributed by atoms with E-state index in [1.807, 2.05) is 40.3 Å². The molecule has 0 bridgehead atoms. The Kier molecular flexibility index (Phi) is 9.07. The minimum absolute atomic E-state index is 0.0673. The second-order valence-electron chi connectivity index (χ2n) is 7.39. The van der Waals surface area contributed by atoms with Gasteiger partial charge >= 0.3 is 5.97 Å². The summed E-state index contributed by atoms with van der Waals surface area (Å²) >= 11 is 6.00. The molecular formula is C24H23N3O3S4. The number of carboxylic acid groups (broad SMARTS) is 1. The number of aromatic nitrogens is 1. The van der Waals surface area contributed by atoms with Gasteiger partial charge in [0.1, 0.15) is 10.6 Å². The zero-order valence-electron chi connectivity index (χ0n) is 18.3. The van der Waals surface area contributed by atoms with E-state index in [0.717, 1.165) is 46.5 Å². The maximum Gasteiger partial charge on any atom is 0.345 e. The first kappa shape index (κ1) is 24.8. The largest absolute Gasteiger partial charge is 0.477 e. The summed E-state index contributed by atoms with van der Waals surface area (Å²) in [6, 6.07) is 11.7. The van der Waals surface area contributed by atoms with Gasteiger partial charge in [0, 0.05) is 59.1 Å². The van der Waals surface area contributed by atoms with Crippen molar-refractivity contribution in [1.82, 2.24) is 15.0 Å². The van der Waals surface area contributed by atoms with Crippen LogP contribution < -0.4 is 0 Å². The molecule has 4 rings (SSSR count). The number of aromatic carboxylic acids is 1. The number of carbonyl (C=O) groups excluding carboxylic acids is 1. The molecule has 1 amide bonds. The van der Waals surface area contributed by atoms with Crippen LogP contribution in [0.3, 0.4) is 0 Å². The number of benzene rings is 1. The van der Waals surface area contributed by atoms with Gasteiger partial charge in [0.25, 0.3) is 5.24 Å². The number of hydrazine groups is 1. The number of thiophene rings is 1. The van der Waals surface area contributed by atoms with E-state index >= 15 is 0 Å². The fourth-order valence-electron chi connectivity index (χ4n) is 3.37. The van der Waals surface area contributed by atoms with Gasteiger partial charge < -0.3 is 5.11 Å². The summed E-state index contributed by atoms with van der Waals surface area (Å²) in [6.45, 7) is 2.20. The van der Waals surface area contributed by atoms with Crippen molar-refractivity contribution in [1.29, 1.82) is 0 Å². The van der Waals surface area contributed by atoms with E-state index < -0.39 is 5.97 Å². The van der Waals surface area contributed by atoms with Crippen LogP contribution in [0.4, 0.5) is 4.79 Å². The maximum absolute atomic E-state index is 12.5. The van der Waals surface area contributed by atoms with Gasteiger partial charge in [-0.3, -0.25) is 9.80 Å². The lowest BCUT2D eigenvalue weighted by molar-refractivity contribution is 0.0349. The van der Waals surface area contributed by atoms with E-state index in [2.05, 4.69) is 34.0 Å². The van der Waals surface area contributed by atoms with Crippen molar-refractivity contribution >= 4 is 57.4 Å². The molecule has 0 radical (unpaired) electrons. The summed E-state index contributed by atoms with van der Waals surface area (Å²) in [5.74, 6) is 7.94. The Hall–Kier alpha value is -2.29. The molecule has 0 spiro atoms. The lowest BCUT2D eigenvalue weighted by atomic mass is 10.1. The predicted octanol–water partition coefficient (Wildman–Crippen LogP) is 5.16. The molecule has 1 aliphatic rings. The van der Waals surface area contributed by atoms with Crippen LogP contribution in [0.2, 0.25) is 0 Å². The SMILES string of the molecule is O=C(O)c1ccc(CCN2C(=O)SCCN2CCSCc2cccc(C#Cc3cscn3)c2)s1. The highest BCUT2D eigenvalue weighted by Gasteiger charge is 2.26. The smallest absolute Gasteiger partial charge is 0.345 e. The predicted molar refractivity (Wildman–Crippen MR) is 142 cm³/mol. The summed E-state index contributed by atoms with van der Waals surface area (Å²) in [5, 5.41) is 15.1. The Morgan fingerprint density at radius 2 is 2.12 bits per heavy atom. The van der Waals surface area contributed by atoms with Crippen LogP contribution in [0.15, 0.2) is 47.3 Å². The number of hydrogen-bond donors (Lipinski definition) is 1. The summed E-state index contributed by atoms with van der Waals surface area (Å²) in [7, 11) is 0. The lowest BCUT2D eigenvalue weighted by Gasteiger charge is -2.37. The molecule has 10 heteroatoms. The molecule has 1 N–H and O–H groups in total. The number of carboxylic acids is 1. The Morgan fingerprint density at radius 1 is 1.21 bits per heavy atom. The van der Waals surface area contributed by atoms with Gasteiger partial charge in [-0.15, -0.1) is 22.7 Å². The van der Waals surface area contributed by atoms with Crippen LogP contribution in [0.25, 0.3) is 0 Å². The first-order valence-electron chi connectivity index (χ1n) is 10.7. The van der Waals surface area contributed by atoms with E-state index in [0.29, 0.717) is 17.8 Å². The van der Waals surface area contributed by atoms with Crippen molar-refractivity contribution < 1.29 is 14.7 Å². The van der Waals surface area contributed by atoms with Crippen LogP contribution in [0.1, 0.15) is 31.4 Å². The first-order chi connectivity index (χ1) is 16.6. The summed E-state index contributed by atoms with van der Waals surface area (Å²) in [5.41, 5.74) is 4.79. The van der Waals surface area contributed by atoms with Gasteiger partial charge in [-0.05, 0) is 35.7 Å². The second kappa shape index (κ2) is 12.4. The highest BCUT2D eigenvalue weighted by Crippen LogP contribution is 2.23. The number of thiazole rings is 1. The first-order valence-corrected chi connectivity index (χ1v) is 14.6. The van der Waals surface area contributed by atoms with E-state index in [1.54, 1.807) is 11.6 Å². The molecular weight excluding hydrogens is 507 g/mol. The van der Waals surface area contributed by atoms with Crippen molar-refractivity contribution in [3.63, 3.8) is 0 Å². The normalized spacial score (nSPS) is 14.1. The molecule has 34 heavy (non-hydrogen) atoms. The third-order valence-corrected chi connectivity index (χ3v) is 8.60. The Bertz CT molecular complexity index is 1180. The topological polar surface area (TPSA) is 73.7 Å². The molecule has 1 aromatic carbocycles. The van der Waals surface area contributed by atoms with Crippen LogP contribution in [-0.2, 0) is 12.2 Å². The molecule has 176 valence electrons. The van der Waals surface area contributed by atoms with Gasteiger partial charge in [-0.25, -0.2) is 14.8 Å². The molecule has 1 aliphatic heterocycles. The highest BCUT2D eigenvalue weighted by molar-refractivity contribution is 8.13. The average molecular weight is 530 g/mol. The maximum atomic E-state index is 12.5. The number of hydrogen-bond acceptors (Lipinski definition) is 8. The van der Waals surface area contributed by atoms with E-state index in [9.17, 15) is 9.59 Å². The summed E-state index contributed by atoms with van der Waals surface area (Å²) in [4.78, 5) is 29.1. The van der Waals surface area contributed by atoms with Crippen molar-refractivity contribution in [3.8, 4) is 11.8 Å². The number of nitrogens with zero attached hydrogens (tertiary/aromatic N) is 3. The molecule has 1 fully saturated rings. The second-order valence-corrected chi connectivity index (χ2v) is 11.4. The minimum atomic E-state index is -0.906. The quantitative estimate of drug-likeness (QED) is 0.303. The zero-order valence-corrected chi connectivity index (χ0v) is 21.6. The Balaban J connectivity index is 1.26. The standard InChI is InChI=1S/C24H23N3O3S4/c28-23(29)22-7-6-21(34-22)8-9-27-24(30)33-13-11-26(27)10-12-31-15-19-3-1-2-18(14-19)4-5-20-16-32-17-25-20/h1-3,6-7,14,16-17H,8-13,15H2,(H,28,29). The lowest BCUT2D eigenvalue weighted by Crippen LogP contribution is -2.51. The number of rotatable bonds is 9. The fourth-order valence-corrected chi connectivity index (χ4v) is 6.42. The molecule has 3 aromatic rings. The zero-order chi connectivity index (χ0) is 23.8. The van der Waals surface area contributed by atoms with Gasteiger partial charge in [-0.1, -0.05) is 29.8 Å². The van der Waals surface area contributed by atoms with E-state index in [-0.39, 0.29) is 5.24 Å². The van der Waals surface area contributed by atoms with Crippen LogP contribution >= 0.6 is 46.2 Å². The van der Waals surface area contributed by atoms with E-state index in [4.69, 9.17) is 5.11 Å². The number of amides is 1. The van der Waals surface area contributed by atoms with Gasteiger partial charge in [-0.2, -0.15) is 11.8 Å². The van der Waals surface area contributed by atoms with Crippen molar-refractivity contribution in [3.05, 3.63) is 73.9 Å². The molecule has 2 aromatic heterocycles. The van der Waals surface area contributed by atoms with Crippen LogP contribution in [0.5, 0.6) is 0 Å². The van der Waals surface area contributed by atoms with Crippen molar-refractivity contribution in [2.24, 2.45) is 0 Å². The summed E-state index contributed by atoms with van der Waals surface area (Å²) in [6.07, 6.45) is 0.655. The van der Waals surface area contributed by atoms with E-state index in [1.165, 1.54) is 40.0 Å². The fraction of sp³-hybridized carbons (Fsp3) is 0.292. The third kappa shape index (κ3) is 7.10. The number of carbonyl (C=O) groups is 2. The molecule has 0 unspecified atom stereocenters. The van der Waals surface area contributed by atoms with Gasteiger partial charge in [0.05, 0.1) is 5.51 Å². The molecule has 6 nitrogen and oxygen atoms in total. The Labute approximate surface area is 215 Å². The van der Waals surface area contributed by atoms with Crippen molar-refractivity contribution in [2.45, 2.75) is 12.2 Å². The molecule has 3 heterocycles. The molecule has 0 aliphatic carbocycles. The van der Waals surface area contributed by atoms with Gasteiger partial charge in [0.15, 0.2) is 0 Å². The minimum Gasteiger partial charge on any atom is -0.477 e. The average Bonchev–Trinajstić information content (AvgIpc) is 3.53. The van der Waals surface area contributed by atoms with Crippen LogP contribution in [0, 0.1) is 11.8 Å². The highest BCUT2D eigenvalue weighted by atomic mass is 32.2. The monoisotopic (exact) mass is 529 g/mol. The molecule has 0 atom stereocenters. The summed E-state index contributed by atoms with van der Waals surface area (Å²) < 4.78 is 0. The van der Waals surface area contributed by atoms with Crippen LogP contribution in [-0.4, -0.2) is 62.5 Å². The third-order valence-electron chi connectivity index (χ3n) is 5.03. The number of thioether (sulfide) groups is 2. The van der Waals surface area contributed by atoms with Crippen molar-refractivity contribution in [2.75, 3.05) is 31.1 Å². The molecule has 1 saturated heterocycles. The molecule has 0 saturated carbocycles. The van der Waals surface area contributed by atoms with Gasteiger partial charge in [0.2, 0.25) is 0 Å².